The predicted octanol–water partition coefficient (Wildman–Crippen LogP) is 3.59. The normalized spacial score (nSPS) is 13.8. The van der Waals surface area contributed by atoms with Crippen LogP contribution >= 0.6 is 0 Å². The van der Waals surface area contributed by atoms with Crippen molar-refractivity contribution in [2.75, 3.05) is 0 Å². The van der Waals surface area contributed by atoms with E-state index in [1.807, 2.05) is 12.1 Å². The van der Waals surface area contributed by atoms with E-state index in [0.717, 1.165) is 18.4 Å². The number of rotatable bonds is 4. The number of aryl methyl sites for hydroxylation is 1. The van der Waals surface area contributed by atoms with Crippen LogP contribution in [-0.2, 0) is 6.42 Å². The lowest BCUT2D eigenvalue weighted by atomic mass is 10.0. The Hall–Kier alpha value is -1.03. The SMILES string of the molecule is CCCc1ccc(C(N)CC(F)(F)F)cc1. The highest BCUT2D eigenvalue weighted by Gasteiger charge is 2.30. The molecule has 2 N–H and O–H groups in total. The molecule has 0 saturated heterocycles. The number of alkyl halides is 3. The van der Waals surface area contributed by atoms with Crippen molar-refractivity contribution in [1.82, 2.24) is 0 Å². The summed E-state index contributed by atoms with van der Waals surface area (Å²) in [5.74, 6) is 0. The van der Waals surface area contributed by atoms with Crippen LogP contribution in [0, 0.1) is 0 Å². The van der Waals surface area contributed by atoms with Crippen molar-refractivity contribution in [1.29, 1.82) is 0 Å². The number of hydrogen-bond acceptors (Lipinski definition) is 1. The molecule has 1 nitrogen and oxygen atoms in total. The molecule has 0 spiro atoms. The maximum Gasteiger partial charge on any atom is 0.390 e. The fourth-order valence-corrected chi connectivity index (χ4v) is 1.59. The molecule has 0 amide bonds. The lowest BCUT2D eigenvalue weighted by Crippen LogP contribution is -2.20. The molecule has 1 unspecified atom stereocenters. The highest BCUT2D eigenvalue weighted by Crippen LogP contribution is 2.27. The van der Waals surface area contributed by atoms with Gasteiger partial charge in [0, 0.05) is 6.04 Å². The second-order valence-corrected chi connectivity index (χ2v) is 3.92. The van der Waals surface area contributed by atoms with Gasteiger partial charge in [0.2, 0.25) is 0 Å². The Morgan fingerprint density at radius 2 is 1.75 bits per heavy atom. The van der Waals surface area contributed by atoms with Gasteiger partial charge in [-0.1, -0.05) is 37.6 Å². The minimum absolute atomic E-state index is 0.539. The Bertz CT molecular complexity index is 316. The average Bonchev–Trinajstić information content (AvgIpc) is 2.16. The summed E-state index contributed by atoms with van der Waals surface area (Å²) in [6, 6.07) is 6.09. The number of benzene rings is 1. The molecule has 0 heterocycles. The van der Waals surface area contributed by atoms with Gasteiger partial charge in [-0.3, -0.25) is 0 Å². The average molecular weight is 231 g/mol. The van der Waals surface area contributed by atoms with Crippen molar-refractivity contribution in [3.8, 4) is 0 Å². The van der Waals surface area contributed by atoms with Crippen LogP contribution in [0.4, 0.5) is 13.2 Å². The van der Waals surface area contributed by atoms with Gasteiger partial charge >= 0.3 is 6.18 Å². The van der Waals surface area contributed by atoms with E-state index in [4.69, 9.17) is 5.73 Å². The first-order valence-corrected chi connectivity index (χ1v) is 5.33. The van der Waals surface area contributed by atoms with Crippen LogP contribution in [0.15, 0.2) is 24.3 Å². The maximum atomic E-state index is 12.1. The molecular weight excluding hydrogens is 215 g/mol. The summed E-state index contributed by atoms with van der Waals surface area (Å²) >= 11 is 0. The molecule has 1 aromatic rings. The zero-order chi connectivity index (χ0) is 12.2. The molecule has 0 aromatic heterocycles. The van der Waals surface area contributed by atoms with Crippen molar-refractivity contribution < 1.29 is 13.2 Å². The van der Waals surface area contributed by atoms with Gasteiger partial charge in [-0.2, -0.15) is 13.2 Å². The van der Waals surface area contributed by atoms with Gasteiger partial charge in [0.15, 0.2) is 0 Å². The summed E-state index contributed by atoms with van der Waals surface area (Å²) in [7, 11) is 0. The van der Waals surface area contributed by atoms with Crippen molar-refractivity contribution in [2.45, 2.75) is 38.4 Å². The van der Waals surface area contributed by atoms with E-state index in [1.165, 1.54) is 0 Å². The highest BCUT2D eigenvalue weighted by atomic mass is 19.4. The molecule has 0 aliphatic rings. The lowest BCUT2D eigenvalue weighted by Gasteiger charge is -2.14. The molecule has 4 heteroatoms. The Balaban J connectivity index is 2.66. The first kappa shape index (κ1) is 13.0. The Labute approximate surface area is 93.5 Å². The van der Waals surface area contributed by atoms with Crippen LogP contribution in [0.1, 0.15) is 36.9 Å². The molecule has 1 rings (SSSR count). The van der Waals surface area contributed by atoms with E-state index in [2.05, 4.69) is 6.92 Å². The maximum absolute atomic E-state index is 12.1. The Morgan fingerprint density at radius 1 is 1.19 bits per heavy atom. The van der Waals surface area contributed by atoms with Crippen LogP contribution in [0.25, 0.3) is 0 Å². The number of hydrogen-bond donors (Lipinski definition) is 1. The fraction of sp³-hybridized carbons (Fsp3) is 0.500. The zero-order valence-corrected chi connectivity index (χ0v) is 9.22. The van der Waals surface area contributed by atoms with E-state index in [1.54, 1.807) is 12.1 Å². The monoisotopic (exact) mass is 231 g/mol. The van der Waals surface area contributed by atoms with Gasteiger partial charge in [0.05, 0.1) is 6.42 Å². The first-order valence-electron chi connectivity index (χ1n) is 5.33. The second kappa shape index (κ2) is 5.34. The van der Waals surface area contributed by atoms with Crippen LogP contribution < -0.4 is 5.73 Å². The van der Waals surface area contributed by atoms with Gasteiger partial charge in [-0.05, 0) is 17.5 Å². The largest absolute Gasteiger partial charge is 0.390 e. The molecule has 0 aliphatic carbocycles. The number of halogens is 3. The van der Waals surface area contributed by atoms with Gasteiger partial charge < -0.3 is 5.73 Å². The van der Waals surface area contributed by atoms with Crippen LogP contribution in [-0.4, -0.2) is 6.18 Å². The molecular formula is C12H16F3N. The summed E-state index contributed by atoms with van der Waals surface area (Å²) in [5.41, 5.74) is 7.15. The first-order chi connectivity index (χ1) is 7.42. The molecule has 0 fully saturated rings. The minimum atomic E-state index is -4.21. The van der Waals surface area contributed by atoms with Crippen LogP contribution in [0.2, 0.25) is 0 Å². The molecule has 1 atom stereocenters. The van der Waals surface area contributed by atoms with Crippen molar-refractivity contribution in [3.05, 3.63) is 35.4 Å². The molecule has 16 heavy (non-hydrogen) atoms. The van der Waals surface area contributed by atoms with Crippen LogP contribution in [0.5, 0.6) is 0 Å². The van der Waals surface area contributed by atoms with Crippen LogP contribution in [0.3, 0.4) is 0 Å². The molecule has 0 radical (unpaired) electrons. The second-order valence-electron chi connectivity index (χ2n) is 3.92. The molecule has 1 aromatic carbocycles. The van der Waals surface area contributed by atoms with Gasteiger partial charge in [0.1, 0.15) is 0 Å². The quantitative estimate of drug-likeness (QED) is 0.841. The molecule has 90 valence electrons. The molecule has 0 bridgehead atoms. The Morgan fingerprint density at radius 3 is 2.19 bits per heavy atom. The molecule has 0 saturated carbocycles. The number of nitrogens with two attached hydrogens (primary N) is 1. The van der Waals surface area contributed by atoms with E-state index >= 15 is 0 Å². The van der Waals surface area contributed by atoms with Crippen molar-refractivity contribution >= 4 is 0 Å². The minimum Gasteiger partial charge on any atom is -0.324 e. The Kier molecular flexibility index (Phi) is 4.35. The third kappa shape index (κ3) is 4.23. The summed E-state index contributed by atoms with van der Waals surface area (Å²) in [6.45, 7) is 2.06. The van der Waals surface area contributed by atoms with Gasteiger partial charge in [-0.25, -0.2) is 0 Å². The zero-order valence-electron chi connectivity index (χ0n) is 9.22. The predicted molar refractivity (Wildman–Crippen MR) is 58.0 cm³/mol. The van der Waals surface area contributed by atoms with Crippen molar-refractivity contribution in [3.63, 3.8) is 0 Å². The van der Waals surface area contributed by atoms with Gasteiger partial charge in [-0.15, -0.1) is 0 Å². The van der Waals surface area contributed by atoms with E-state index < -0.39 is 18.6 Å². The van der Waals surface area contributed by atoms with E-state index in [9.17, 15) is 13.2 Å². The summed E-state index contributed by atoms with van der Waals surface area (Å²) in [6.07, 6.45) is -3.22. The standard InChI is InChI=1S/C12H16F3N/c1-2-3-9-4-6-10(7-5-9)11(16)8-12(13,14)15/h4-7,11H,2-3,8,16H2,1H3. The third-order valence-corrected chi connectivity index (χ3v) is 2.40. The lowest BCUT2D eigenvalue weighted by molar-refractivity contribution is -0.138. The van der Waals surface area contributed by atoms with Gasteiger partial charge in [0.25, 0.3) is 0 Å². The fourth-order valence-electron chi connectivity index (χ4n) is 1.59. The molecule has 0 aliphatic heterocycles. The third-order valence-electron chi connectivity index (χ3n) is 2.40. The summed E-state index contributed by atoms with van der Waals surface area (Å²) in [5, 5.41) is 0. The summed E-state index contributed by atoms with van der Waals surface area (Å²) in [4.78, 5) is 0. The summed E-state index contributed by atoms with van der Waals surface area (Å²) < 4.78 is 36.3. The topological polar surface area (TPSA) is 26.0 Å². The smallest absolute Gasteiger partial charge is 0.324 e. The van der Waals surface area contributed by atoms with Crippen molar-refractivity contribution in [2.24, 2.45) is 5.73 Å². The highest BCUT2D eigenvalue weighted by molar-refractivity contribution is 5.25. The van der Waals surface area contributed by atoms with E-state index in [-0.39, 0.29) is 0 Å². The van der Waals surface area contributed by atoms with E-state index in [0.29, 0.717) is 5.56 Å².